The highest BCUT2D eigenvalue weighted by Gasteiger charge is 2.15. The number of nitriles is 3. The van der Waals surface area contributed by atoms with Crippen LogP contribution in [-0.4, -0.2) is 0 Å². The van der Waals surface area contributed by atoms with E-state index in [0.717, 1.165) is 82.8 Å². The molecule has 2 heterocycles. The van der Waals surface area contributed by atoms with E-state index in [1.165, 1.54) is 0 Å². The van der Waals surface area contributed by atoms with Crippen molar-refractivity contribution in [2.24, 2.45) is 0 Å². The Balaban J connectivity index is 1.23. The van der Waals surface area contributed by atoms with E-state index < -0.39 is 0 Å². The van der Waals surface area contributed by atoms with Crippen molar-refractivity contribution in [1.29, 1.82) is 15.8 Å². The molecule has 0 unspecified atom stereocenters. The van der Waals surface area contributed by atoms with Gasteiger partial charge in [0.2, 0.25) is 0 Å². The number of rotatable bonds is 4. The normalized spacial score (nSPS) is 11.1. The first-order valence-electron chi connectivity index (χ1n) is 16.1. The minimum atomic E-state index is 0.465. The van der Waals surface area contributed by atoms with Gasteiger partial charge in [-0.15, -0.1) is 0 Å². The second kappa shape index (κ2) is 11.4. The number of fused-ring (bicyclic) bond motifs is 6. The highest BCUT2D eigenvalue weighted by atomic mass is 16.3. The first-order chi connectivity index (χ1) is 24.6. The molecule has 0 saturated carbocycles. The van der Waals surface area contributed by atoms with Crippen LogP contribution in [-0.2, 0) is 0 Å². The molecule has 9 aromatic rings. The molecule has 0 spiro atoms. The Labute approximate surface area is 286 Å². The Bertz CT molecular complexity index is 2930. The highest BCUT2D eigenvalue weighted by Crippen LogP contribution is 2.39. The molecule has 0 aliphatic rings. The van der Waals surface area contributed by atoms with Crippen molar-refractivity contribution in [2.75, 3.05) is 0 Å². The second-order valence-corrected chi connectivity index (χ2v) is 12.3. The lowest BCUT2D eigenvalue weighted by atomic mass is 9.90. The van der Waals surface area contributed by atoms with E-state index in [1.807, 2.05) is 66.7 Å². The fraction of sp³-hybridized carbons (Fsp3) is 0. The van der Waals surface area contributed by atoms with Crippen molar-refractivity contribution in [3.63, 3.8) is 0 Å². The maximum absolute atomic E-state index is 9.77. The zero-order valence-corrected chi connectivity index (χ0v) is 26.4. The Morgan fingerprint density at radius 3 is 1.42 bits per heavy atom. The third-order valence-corrected chi connectivity index (χ3v) is 9.39. The van der Waals surface area contributed by atoms with Gasteiger partial charge in [-0.3, -0.25) is 0 Å². The standard InChI is InChI=1S/C45H23N3O2/c46-24-27-8-15-42-38(18-27)40-23-31(14-17-44(40)50-42)36-20-34(28-9-11-29(12-10-28)45-32(25-47)4-3-5-33(45)26-48)19-35(21-36)30-13-16-43-39(22-30)37-6-1-2-7-41(37)49-43/h1-23H. The maximum atomic E-state index is 9.77. The first-order valence-corrected chi connectivity index (χ1v) is 16.1. The van der Waals surface area contributed by atoms with E-state index in [2.05, 4.69) is 66.7 Å². The lowest BCUT2D eigenvalue weighted by Gasteiger charge is -2.13. The number of nitrogens with zero attached hydrogens (tertiary/aromatic N) is 3. The molecule has 0 saturated heterocycles. The summed E-state index contributed by atoms with van der Waals surface area (Å²) in [5.41, 5.74) is 12.3. The summed E-state index contributed by atoms with van der Waals surface area (Å²) in [6.45, 7) is 0. The molecule has 0 N–H and O–H groups in total. The first kappa shape index (κ1) is 28.8. The highest BCUT2D eigenvalue weighted by molar-refractivity contribution is 6.08. The van der Waals surface area contributed by atoms with Crippen LogP contribution in [0.5, 0.6) is 0 Å². The summed E-state index contributed by atoms with van der Waals surface area (Å²) in [6, 6.07) is 52.6. The third-order valence-electron chi connectivity index (χ3n) is 9.39. The fourth-order valence-electron chi connectivity index (χ4n) is 6.94. The van der Waals surface area contributed by atoms with Gasteiger partial charge in [-0.1, -0.05) is 60.7 Å². The molecule has 0 fully saturated rings. The largest absolute Gasteiger partial charge is 0.456 e. The molecular weight excluding hydrogens is 615 g/mol. The minimum absolute atomic E-state index is 0.465. The number of hydrogen-bond donors (Lipinski definition) is 0. The molecule has 0 aliphatic carbocycles. The summed E-state index contributed by atoms with van der Waals surface area (Å²) in [5, 5.41) is 33.1. The Morgan fingerprint density at radius 2 is 0.820 bits per heavy atom. The van der Waals surface area contributed by atoms with Gasteiger partial charge in [0.05, 0.1) is 34.9 Å². The van der Waals surface area contributed by atoms with Gasteiger partial charge in [0.1, 0.15) is 22.3 Å². The molecule has 5 nitrogen and oxygen atoms in total. The molecule has 7 aromatic carbocycles. The van der Waals surface area contributed by atoms with E-state index in [-0.39, 0.29) is 0 Å². The fourth-order valence-corrected chi connectivity index (χ4v) is 6.94. The van der Waals surface area contributed by atoms with E-state index in [0.29, 0.717) is 22.3 Å². The van der Waals surface area contributed by atoms with Crippen LogP contribution in [0.25, 0.3) is 88.4 Å². The van der Waals surface area contributed by atoms with Crippen LogP contribution < -0.4 is 0 Å². The third kappa shape index (κ3) is 4.69. The lowest BCUT2D eigenvalue weighted by molar-refractivity contribution is 0.668. The van der Waals surface area contributed by atoms with Crippen molar-refractivity contribution in [3.8, 4) is 62.7 Å². The smallest absolute Gasteiger partial charge is 0.135 e. The average molecular weight is 638 g/mol. The molecule has 230 valence electrons. The summed E-state index contributed by atoms with van der Waals surface area (Å²) < 4.78 is 12.2. The summed E-state index contributed by atoms with van der Waals surface area (Å²) in [7, 11) is 0. The summed E-state index contributed by atoms with van der Waals surface area (Å²) in [6.07, 6.45) is 0. The molecule has 2 aromatic heterocycles. The SMILES string of the molecule is N#Cc1ccc2oc3ccc(-c4cc(-c5ccc(-c6c(C#N)cccc6C#N)cc5)cc(-c5ccc6oc7ccccc7c6c5)c4)cc3c2c1. The summed E-state index contributed by atoms with van der Waals surface area (Å²) in [5.74, 6) is 0. The second-order valence-electron chi connectivity index (χ2n) is 12.3. The Morgan fingerprint density at radius 1 is 0.340 bits per heavy atom. The van der Waals surface area contributed by atoms with Crippen molar-refractivity contribution >= 4 is 43.9 Å². The van der Waals surface area contributed by atoms with Crippen LogP contribution in [0.2, 0.25) is 0 Å². The minimum Gasteiger partial charge on any atom is -0.456 e. The predicted molar refractivity (Wildman–Crippen MR) is 197 cm³/mol. The molecule has 50 heavy (non-hydrogen) atoms. The van der Waals surface area contributed by atoms with Gasteiger partial charge in [0.25, 0.3) is 0 Å². The Kier molecular flexibility index (Phi) is 6.56. The van der Waals surface area contributed by atoms with Gasteiger partial charge >= 0.3 is 0 Å². The number of para-hydroxylation sites is 1. The van der Waals surface area contributed by atoms with Gasteiger partial charge in [0.15, 0.2) is 0 Å². The van der Waals surface area contributed by atoms with E-state index >= 15 is 0 Å². The molecule has 5 heteroatoms. The van der Waals surface area contributed by atoms with Crippen molar-refractivity contribution < 1.29 is 8.83 Å². The monoisotopic (exact) mass is 637 g/mol. The van der Waals surface area contributed by atoms with Crippen LogP contribution in [0.15, 0.2) is 148 Å². The van der Waals surface area contributed by atoms with Crippen molar-refractivity contribution in [3.05, 3.63) is 156 Å². The van der Waals surface area contributed by atoms with Gasteiger partial charge in [-0.05, 0) is 118 Å². The van der Waals surface area contributed by atoms with E-state index in [9.17, 15) is 15.8 Å². The van der Waals surface area contributed by atoms with Crippen LogP contribution in [0.3, 0.4) is 0 Å². The van der Waals surface area contributed by atoms with Crippen LogP contribution in [0.4, 0.5) is 0 Å². The maximum Gasteiger partial charge on any atom is 0.135 e. The molecule has 0 amide bonds. The molecule has 0 aliphatic heterocycles. The van der Waals surface area contributed by atoms with Crippen LogP contribution in [0.1, 0.15) is 16.7 Å². The van der Waals surface area contributed by atoms with Gasteiger partial charge in [0, 0.05) is 27.1 Å². The van der Waals surface area contributed by atoms with Gasteiger partial charge < -0.3 is 8.83 Å². The van der Waals surface area contributed by atoms with E-state index in [4.69, 9.17) is 8.83 Å². The summed E-state index contributed by atoms with van der Waals surface area (Å²) in [4.78, 5) is 0. The molecule has 9 rings (SSSR count). The molecule has 0 radical (unpaired) electrons. The average Bonchev–Trinajstić information content (AvgIpc) is 3.74. The molecular formula is C45H23N3O2. The van der Waals surface area contributed by atoms with Crippen molar-refractivity contribution in [2.45, 2.75) is 0 Å². The predicted octanol–water partition coefficient (Wildman–Crippen LogP) is 11.8. The van der Waals surface area contributed by atoms with Gasteiger partial charge in [-0.25, -0.2) is 0 Å². The number of hydrogen-bond acceptors (Lipinski definition) is 5. The zero-order chi connectivity index (χ0) is 33.8. The Hall–Kier alpha value is -7.39. The summed E-state index contributed by atoms with van der Waals surface area (Å²) >= 11 is 0. The zero-order valence-electron chi connectivity index (χ0n) is 26.4. The van der Waals surface area contributed by atoms with E-state index in [1.54, 1.807) is 24.3 Å². The van der Waals surface area contributed by atoms with Crippen molar-refractivity contribution in [1.82, 2.24) is 0 Å². The molecule has 0 atom stereocenters. The van der Waals surface area contributed by atoms with Crippen LogP contribution >= 0.6 is 0 Å². The number of benzene rings is 7. The molecule has 0 bridgehead atoms. The quantitative estimate of drug-likeness (QED) is 0.191. The number of furan rings is 2. The lowest BCUT2D eigenvalue weighted by Crippen LogP contribution is -1.90. The topological polar surface area (TPSA) is 97.6 Å². The van der Waals surface area contributed by atoms with Gasteiger partial charge in [-0.2, -0.15) is 15.8 Å². The van der Waals surface area contributed by atoms with Crippen LogP contribution in [0, 0.1) is 34.0 Å².